The molecule has 5 nitrogen and oxygen atoms in total. The molecule has 0 fully saturated rings. The molecule has 0 saturated heterocycles. The average molecular weight is 365 g/mol. The van der Waals surface area contributed by atoms with Crippen LogP contribution in [0.25, 0.3) is 27.7 Å². The van der Waals surface area contributed by atoms with E-state index in [2.05, 4.69) is 20.3 Å². The molecule has 126 valence electrons. The van der Waals surface area contributed by atoms with Crippen molar-refractivity contribution in [3.63, 3.8) is 0 Å². The van der Waals surface area contributed by atoms with Crippen molar-refractivity contribution in [2.75, 3.05) is 0 Å². The van der Waals surface area contributed by atoms with E-state index in [1.165, 1.54) is 22.7 Å². The molecule has 2 aromatic carbocycles. The van der Waals surface area contributed by atoms with E-state index in [1.807, 2.05) is 0 Å². The Hall–Kier alpha value is -2.87. The van der Waals surface area contributed by atoms with E-state index in [9.17, 15) is 13.2 Å². The van der Waals surface area contributed by atoms with Crippen LogP contribution in [0.15, 0.2) is 48.5 Å². The maximum Gasteiger partial charge on any atom is 0.573 e. The zero-order valence-electron chi connectivity index (χ0n) is 12.3. The molecule has 0 amide bonds. The number of hydrogen-bond donors (Lipinski definition) is 0. The smallest absolute Gasteiger partial charge is 0.406 e. The van der Waals surface area contributed by atoms with E-state index in [1.54, 1.807) is 30.3 Å². The van der Waals surface area contributed by atoms with Crippen molar-refractivity contribution in [1.29, 1.82) is 0 Å². The highest BCUT2D eigenvalue weighted by atomic mass is 35.5. The molecule has 0 aliphatic rings. The zero-order valence-corrected chi connectivity index (χ0v) is 13.1. The van der Waals surface area contributed by atoms with Crippen LogP contribution in [0.1, 0.15) is 0 Å². The summed E-state index contributed by atoms with van der Waals surface area (Å²) in [6.45, 7) is 0. The topological polar surface area (TPSA) is 52.3 Å². The Morgan fingerprint density at radius 2 is 1.88 bits per heavy atom. The normalized spacial score (nSPS) is 12.0. The number of benzene rings is 2. The summed E-state index contributed by atoms with van der Waals surface area (Å²) in [4.78, 5) is 0. The molecule has 2 aromatic heterocycles. The quantitative estimate of drug-likeness (QED) is 0.525. The minimum absolute atomic E-state index is 0.313. The SMILES string of the molecule is FC(F)(F)Oc1cccc(-c2cc3ccc(Cl)cc3n3nnnc23)c1. The number of ether oxygens (including phenoxy) is 1. The minimum Gasteiger partial charge on any atom is -0.406 e. The van der Waals surface area contributed by atoms with Crippen LogP contribution in [0.4, 0.5) is 13.2 Å². The van der Waals surface area contributed by atoms with Gasteiger partial charge in [0, 0.05) is 16.0 Å². The van der Waals surface area contributed by atoms with Gasteiger partial charge in [0.05, 0.1) is 5.52 Å². The van der Waals surface area contributed by atoms with Crippen LogP contribution in [-0.2, 0) is 0 Å². The van der Waals surface area contributed by atoms with Crippen molar-refractivity contribution < 1.29 is 17.9 Å². The number of pyridine rings is 1. The van der Waals surface area contributed by atoms with E-state index < -0.39 is 6.36 Å². The van der Waals surface area contributed by atoms with Gasteiger partial charge in [-0.25, -0.2) is 0 Å². The molecule has 0 radical (unpaired) electrons. The van der Waals surface area contributed by atoms with Crippen molar-refractivity contribution >= 4 is 28.2 Å². The van der Waals surface area contributed by atoms with Gasteiger partial charge in [0.2, 0.25) is 0 Å². The number of aromatic nitrogens is 4. The largest absolute Gasteiger partial charge is 0.573 e. The summed E-state index contributed by atoms with van der Waals surface area (Å²) >= 11 is 6.02. The average Bonchev–Trinajstić information content (AvgIpc) is 3.03. The Morgan fingerprint density at radius 1 is 1.04 bits per heavy atom. The molecule has 2 heterocycles. The number of rotatable bonds is 2. The third-order valence-corrected chi connectivity index (χ3v) is 3.84. The van der Waals surface area contributed by atoms with Crippen molar-refractivity contribution in [2.45, 2.75) is 6.36 Å². The first kappa shape index (κ1) is 15.6. The minimum atomic E-state index is -4.76. The molecular formula is C16H8ClF3N4O. The third kappa shape index (κ3) is 2.96. The molecule has 0 N–H and O–H groups in total. The predicted molar refractivity (Wildman–Crippen MR) is 85.4 cm³/mol. The van der Waals surface area contributed by atoms with Gasteiger partial charge in [-0.1, -0.05) is 29.8 Å². The van der Waals surface area contributed by atoms with Crippen molar-refractivity contribution in [2.24, 2.45) is 0 Å². The van der Waals surface area contributed by atoms with Gasteiger partial charge in [0.15, 0.2) is 5.65 Å². The lowest BCUT2D eigenvalue weighted by Gasteiger charge is -2.11. The van der Waals surface area contributed by atoms with Crippen molar-refractivity contribution in [3.05, 3.63) is 53.6 Å². The number of tetrazole rings is 1. The Kier molecular flexibility index (Phi) is 3.50. The Labute approximate surface area is 143 Å². The van der Waals surface area contributed by atoms with Gasteiger partial charge in [-0.05, 0) is 46.3 Å². The summed E-state index contributed by atoms with van der Waals surface area (Å²) in [5.74, 6) is -0.313. The summed E-state index contributed by atoms with van der Waals surface area (Å²) in [5, 5.41) is 12.9. The maximum absolute atomic E-state index is 12.5. The van der Waals surface area contributed by atoms with Crippen LogP contribution in [0.3, 0.4) is 0 Å². The van der Waals surface area contributed by atoms with Gasteiger partial charge in [-0.15, -0.1) is 18.3 Å². The van der Waals surface area contributed by atoms with Gasteiger partial charge >= 0.3 is 6.36 Å². The van der Waals surface area contributed by atoms with Crippen LogP contribution in [0.2, 0.25) is 5.02 Å². The Morgan fingerprint density at radius 3 is 2.68 bits per heavy atom. The maximum atomic E-state index is 12.5. The monoisotopic (exact) mass is 364 g/mol. The lowest BCUT2D eigenvalue weighted by Crippen LogP contribution is -2.17. The second kappa shape index (κ2) is 5.59. The first-order chi connectivity index (χ1) is 11.9. The van der Waals surface area contributed by atoms with Crippen LogP contribution in [-0.4, -0.2) is 26.4 Å². The lowest BCUT2D eigenvalue weighted by atomic mass is 10.0. The number of halogens is 4. The van der Waals surface area contributed by atoms with Gasteiger partial charge < -0.3 is 4.74 Å². The number of nitrogens with zero attached hydrogens (tertiary/aromatic N) is 4. The van der Waals surface area contributed by atoms with Crippen molar-refractivity contribution in [1.82, 2.24) is 20.0 Å². The third-order valence-electron chi connectivity index (χ3n) is 3.61. The van der Waals surface area contributed by atoms with E-state index in [0.717, 1.165) is 5.39 Å². The number of alkyl halides is 3. The summed E-state index contributed by atoms with van der Waals surface area (Å²) in [5.41, 5.74) is 2.17. The summed E-state index contributed by atoms with van der Waals surface area (Å²) in [7, 11) is 0. The summed E-state index contributed by atoms with van der Waals surface area (Å²) in [6, 6.07) is 12.7. The predicted octanol–water partition coefficient (Wildman–Crippen LogP) is 4.50. The molecule has 4 aromatic rings. The van der Waals surface area contributed by atoms with Crippen LogP contribution < -0.4 is 4.74 Å². The molecule has 0 aliphatic heterocycles. The molecule has 0 saturated carbocycles. The van der Waals surface area contributed by atoms with Gasteiger partial charge in [0.1, 0.15) is 5.75 Å². The van der Waals surface area contributed by atoms with E-state index in [4.69, 9.17) is 11.6 Å². The lowest BCUT2D eigenvalue weighted by molar-refractivity contribution is -0.274. The second-order valence-electron chi connectivity index (χ2n) is 5.25. The van der Waals surface area contributed by atoms with Crippen molar-refractivity contribution in [3.8, 4) is 16.9 Å². The highest BCUT2D eigenvalue weighted by Gasteiger charge is 2.31. The standard InChI is InChI=1S/C16H8ClF3N4O/c17-11-5-4-10-7-13(15-21-22-23-24(15)14(10)8-11)9-2-1-3-12(6-9)25-16(18,19)20/h1-8H. The Bertz CT molecular complexity index is 1090. The molecule has 9 heteroatoms. The van der Waals surface area contributed by atoms with Crippen LogP contribution in [0, 0.1) is 0 Å². The summed E-state index contributed by atoms with van der Waals surface area (Å²) in [6.07, 6.45) is -4.76. The van der Waals surface area contributed by atoms with E-state index in [-0.39, 0.29) is 5.75 Å². The van der Waals surface area contributed by atoms with E-state index in [0.29, 0.717) is 27.3 Å². The van der Waals surface area contributed by atoms with Gasteiger partial charge in [-0.2, -0.15) is 4.52 Å². The Balaban J connectivity index is 1.93. The fraction of sp³-hybridized carbons (Fsp3) is 0.0625. The molecule has 0 spiro atoms. The molecule has 0 unspecified atom stereocenters. The molecule has 0 aliphatic carbocycles. The molecule has 4 rings (SSSR count). The first-order valence-electron chi connectivity index (χ1n) is 7.07. The van der Waals surface area contributed by atoms with Gasteiger partial charge in [-0.3, -0.25) is 0 Å². The molecule has 0 atom stereocenters. The zero-order chi connectivity index (χ0) is 17.6. The number of hydrogen-bond acceptors (Lipinski definition) is 4. The van der Waals surface area contributed by atoms with Crippen LogP contribution >= 0.6 is 11.6 Å². The van der Waals surface area contributed by atoms with Crippen LogP contribution in [0.5, 0.6) is 5.75 Å². The summed E-state index contributed by atoms with van der Waals surface area (Å²) < 4.78 is 42.8. The highest BCUT2D eigenvalue weighted by Crippen LogP contribution is 2.32. The van der Waals surface area contributed by atoms with E-state index >= 15 is 0 Å². The van der Waals surface area contributed by atoms with Gasteiger partial charge in [0.25, 0.3) is 0 Å². The second-order valence-corrected chi connectivity index (χ2v) is 5.69. The molecule has 0 bridgehead atoms. The fourth-order valence-corrected chi connectivity index (χ4v) is 2.80. The molecule has 25 heavy (non-hydrogen) atoms. The highest BCUT2D eigenvalue weighted by molar-refractivity contribution is 6.31. The molecular weight excluding hydrogens is 357 g/mol. The number of fused-ring (bicyclic) bond motifs is 3. The first-order valence-corrected chi connectivity index (χ1v) is 7.45. The fourth-order valence-electron chi connectivity index (χ4n) is 2.63.